The largest absolute Gasteiger partial charge is 0.351 e. The average Bonchev–Trinajstić information content (AvgIpc) is 3.13. The Morgan fingerprint density at radius 2 is 2.07 bits per heavy atom. The third kappa shape index (κ3) is 5.19. The van der Waals surface area contributed by atoms with Crippen LogP contribution in [0.4, 0.5) is 0 Å². The van der Waals surface area contributed by atoms with Crippen molar-refractivity contribution in [2.24, 2.45) is 0 Å². The van der Waals surface area contributed by atoms with Gasteiger partial charge < -0.3 is 14.6 Å². The van der Waals surface area contributed by atoms with Gasteiger partial charge >= 0.3 is 0 Å². The van der Waals surface area contributed by atoms with Crippen molar-refractivity contribution in [3.8, 4) is 0 Å². The Labute approximate surface area is 179 Å². The normalized spacial score (nSPS) is 18.2. The monoisotopic (exact) mass is 435 g/mol. The zero-order valence-corrected chi connectivity index (χ0v) is 19.0. The van der Waals surface area contributed by atoms with Gasteiger partial charge in [0.25, 0.3) is 5.91 Å². The van der Waals surface area contributed by atoms with Crippen LogP contribution in [0.25, 0.3) is 5.52 Å². The van der Waals surface area contributed by atoms with E-state index in [0.29, 0.717) is 25.3 Å². The third-order valence-corrected chi connectivity index (χ3v) is 7.11. The van der Waals surface area contributed by atoms with Gasteiger partial charge in [0.15, 0.2) is 5.69 Å². The van der Waals surface area contributed by atoms with Crippen molar-refractivity contribution >= 4 is 21.4 Å². The zero-order valence-electron chi connectivity index (χ0n) is 18.2. The maximum Gasteiger partial charge on any atom is 0.272 e. The molecule has 0 aliphatic carbocycles. The molecule has 8 nitrogen and oxygen atoms in total. The summed E-state index contributed by atoms with van der Waals surface area (Å²) in [5.74, 6) is 0.542. The molecule has 1 amide bonds. The molecule has 0 aromatic carbocycles. The molecule has 9 heteroatoms. The summed E-state index contributed by atoms with van der Waals surface area (Å²) in [6.07, 6.45) is 5.67. The number of imidazole rings is 1. The quantitative estimate of drug-likeness (QED) is 0.608. The highest BCUT2D eigenvalue weighted by atomic mass is 32.2. The fourth-order valence-electron chi connectivity index (χ4n) is 4.10. The molecule has 1 fully saturated rings. The van der Waals surface area contributed by atoms with Crippen molar-refractivity contribution in [2.75, 3.05) is 45.5 Å². The molecule has 1 N–H and O–H groups in total. The van der Waals surface area contributed by atoms with Gasteiger partial charge in [0, 0.05) is 31.7 Å². The number of sulfonamides is 1. The summed E-state index contributed by atoms with van der Waals surface area (Å²) in [4.78, 5) is 19.9. The minimum absolute atomic E-state index is 0.0346. The van der Waals surface area contributed by atoms with E-state index in [1.807, 2.05) is 28.8 Å². The van der Waals surface area contributed by atoms with Crippen LogP contribution in [0.1, 0.15) is 55.3 Å². The minimum atomic E-state index is -3.24. The summed E-state index contributed by atoms with van der Waals surface area (Å²) in [6.45, 7) is 8.77. The number of nitrogens with one attached hydrogen (secondary N) is 1. The van der Waals surface area contributed by atoms with Gasteiger partial charge in [0.05, 0.1) is 11.8 Å². The summed E-state index contributed by atoms with van der Waals surface area (Å²) in [7, 11) is -3.24. The number of rotatable bonds is 9. The first kappa shape index (κ1) is 22.7. The molecule has 1 aliphatic rings. The molecular weight excluding hydrogens is 402 g/mol. The lowest BCUT2D eigenvalue weighted by atomic mass is 9.99. The van der Waals surface area contributed by atoms with Gasteiger partial charge in [-0.1, -0.05) is 19.9 Å². The van der Waals surface area contributed by atoms with Gasteiger partial charge in [-0.15, -0.1) is 0 Å². The van der Waals surface area contributed by atoms with Crippen LogP contribution in [0.3, 0.4) is 0 Å². The van der Waals surface area contributed by atoms with E-state index < -0.39 is 10.0 Å². The lowest BCUT2D eigenvalue weighted by Gasteiger charge is -2.30. The first-order valence-corrected chi connectivity index (χ1v) is 12.6. The fourth-order valence-corrected chi connectivity index (χ4v) is 5.01. The van der Waals surface area contributed by atoms with Crippen LogP contribution in [0.15, 0.2) is 24.4 Å². The van der Waals surface area contributed by atoms with Crippen molar-refractivity contribution in [1.82, 2.24) is 23.9 Å². The van der Waals surface area contributed by atoms with Crippen LogP contribution >= 0.6 is 0 Å². The van der Waals surface area contributed by atoms with Crippen LogP contribution in [0, 0.1) is 0 Å². The molecule has 3 rings (SSSR count). The molecule has 30 heavy (non-hydrogen) atoms. The molecule has 1 atom stereocenters. The summed E-state index contributed by atoms with van der Waals surface area (Å²) in [5, 5.41) is 3.00. The Morgan fingerprint density at radius 1 is 1.30 bits per heavy atom. The van der Waals surface area contributed by atoms with Gasteiger partial charge in [-0.25, -0.2) is 17.7 Å². The van der Waals surface area contributed by atoms with Crippen LogP contribution in [-0.2, 0) is 10.0 Å². The Kier molecular flexibility index (Phi) is 7.49. The third-order valence-electron chi connectivity index (χ3n) is 5.84. The standard InChI is InChI=1S/C21H33N5O3S/c1-4-24(5-2)13-9-12-22-21(27)19-18-11-6-7-15-26(18)20(23-19)17-10-8-14-25(16-17)30(3,28)29/h6-7,11,15,17H,4-5,8-10,12-14,16H2,1-3H3,(H,22,27)/t17-/m1/s1. The second-order valence-corrected chi connectivity index (χ2v) is 9.85. The van der Waals surface area contributed by atoms with Crippen LogP contribution in [0.5, 0.6) is 0 Å². The number of amides is 1. The first-order chi connectivity index (χ1) is 14.3. The Bertz CT molecular complexity index is 968. The van der Waals surface area contributed by atoms with E-state index in [4.69, 9.17) is 4.98 Å². The summed E-state index contributed by atoms with van der Waals surface area (Å²) in [5.41, 5.74) is 1.16. The van der Waals surface area contributed by atoms with Crippen molar-refractivity contribution in [1.29, 1.82) is 0 Å². The number of carbonyl (C=O) groups excluding carboxylic acids is 1. The number of hydrogen-bond donors (Lipinski definition) is 1. The van der Waals surface area contributed by atoms with Crippen molar-refractivity contribution < 1.29 is 13.2 Å². The maximum atomic E-state index is 12.9. The first-order valence-electron chi connectivity index (χ1n) is 10.8. The van der Waals surface area contributed by atoms with Crippen LogP contribution < -0.4 is 5.32 Å². The van der Waals surface area contributed by atoms with E-state index in [1.54, 1.807) is 0 Å². The van der Waals surface area contributed by atoms with Crippen molar-refractivity contribution in [2.45, 2.75) is 39.0 Å². The molecule has 2 aromatic heterocycles. The highest BCUT2D eigenvalue weighted by Gasteiger charge is 2.30. The molecule has 2 aromatic rings. The highest BCUT2D eigenvalue weighted by Crippen LogP contribution is 2.29. The van der Waals surface area contributed by atoms with E-state index in [-0.39, 0.29) is 11.8 Å². The predicted octanol–water partition coefficient (Wildman–Crippen LogP) is 1.94. The zero-order chi connectivity index (χ0) is 21.7. The number of fused-ring (bicyclic) bond motifs is 1. The second kappa shape index (κ2) is 9.89. The van der Waals surface area contributed by atoms with E-state index in [1.165, 1.54) is 10.6 Å². The number of nitrogens with zero attached hydrogens (tertiary/aromatic N) is 4. The molecule has 0 unspecified atom stereocenters. The average molecular weight is 436 g/mol. The topological polar surface area (TPSA) is 87.0 Å². The number of piperidine rings is 1. The summed E-state index contributed by atoms with van der Waals surface area (Å²) < 4.78 is 27.5. The van der Waals surface area contributed by atoms with Gasteiger partial charge in [0.2, 0.25) is 10.0 Å². The fraction of sp³-hybridized carbons (Fsp3) is 0.619. The van der Waals surface area contributed by atoms with Crippen molar-refractivity contribution in [3.63, 3.8) is 0 Å². The van der Waals surface area contributed by atoms with Gasteiger partial charge in [-0.05, 0) is 51.0 Å². The smallest absolute Gasteiger partial charge is 0.272 e. The van der Waals surface area contributed by atoms with Gasteiger partial charge in [-0.2, -0.15) is 0 Å². The van der Waals surface area contributed by atoms with E-state index in [2.05, 4.69) is 24.1 Å². The Balaban J connectivity index is 1.76. The molecule has 1 saturated heterocycles. The van der Waals surface area contributed by atoms with Gasteiger partial charge in [0.1, 0.15) is 5.82 Å². The maximum absolute atomic E-state index is 12.9. The molecule has 0 radical (unpaired) electrons. The van der Waals surface area contributed by atoms with Gasteiger partial charge in [-0.3, -0.25) is 4.79 Å². The number of aromatic nitrogens is 2. The second-order valence-electron chi connectivity index (χ2n) is 7.87. The predicted molar refractivity (Wildman–Crippen MR) is 118 cm³/mol. The van der Waals surface area contributed by atoms with Crippen LogP contribution in [-0.4, -0.2) is 78.4 Å². The Morgan fingerprint density at radius 3 is 2.77 bits per heavy atom. The molecule has 1 aliphatic heterocycles. The summed E-state index contributed by atoms with van der Waals surface area (Å²) in [6, 6.07) is 5.68. The van der Waals surface area contributed by atoms with E-state index >= 15 is 0 Å². The van der Waals surface area contributed by atoms with E-state index in [0.717, 1.165) is 50.2 Å². The molecule has 0 spiro atoms. The lowest BCUT2D eigenvalue weighted by Crippen LogP contribution is -2.38. The molecule has 0 saturated carbocycles. The molecule has 0 bridgehead atoms. The van der Waals surface area contributed by atoms with Crippen molar-refractivity contribution in [3.05, 3.63) is 35.9 Å². The number of pyridine rings is 1. The van der Waals surface area contributed by atoms with E-state index in [9.17, 15) is 13.2 Å². The molecule has 166 valence electrons. The summed E-state index contributed by atoms with van der Waals surface area (Å²) >= 11 is 0. The number of hydrogen-bond acceptors (Lipinski definition) is 5. The molecular formula is C21H33N5O3S. The SMILES string of the molecule is CCN(CC)CCCNC(=O)c1nc([C@@H]2CCCN(S(C)(=O)=O)C2)n2ccccc12. The number of carbonyl (C=O) groups is 1. The highest BCUT2D eigenvalue weighted by molar-refractivity contribution is 7.88. The van der Waals surface area contributed by atoms with Crippen LogP contribution in [0.2, 0.25) is 0 Å². The molecule has 3 heterocycles. The lowest BCUT2D eigenvalue weighted by molar-refractivity contribution is 0.0948. The Hall–Kier alpha value is -1.97. The minimum Gasteiger partial charge on any atom is -0.351 e.